The SMILES string of the molecule is CC1=C(C(=O)Nc2ccccc2F)C(c2ccco2)C(C#N)=C(SCC(=O)Nc2cc(Cl)cc(Cl)c2)N1. The molecule has 1 aliphatic rings. The van der Waals surface area contributed by atoms with Crippen molar-refractivity contribution in [1.29, 1.82) is 5.26 Å². The summed E-state index contributed by atoms with van der Waals surface area (Å²) in [6, 6.07) is 15.9. The predicted octanol–water partition coefficient (Wildman–Crippen LogP) is 6.43. The Balaban J connectivity index is 1.59. The average Bonchev–Trinajstić information content (AvgIpc) is 3.37. The molecule has 0 spiro atoms. The van der Waals surface area contributed by atoms with Crippen molar-refractivity contribution < 1.29 is 18.4 Å². The van der Waals surface area contributed by atoms with Gasteiger partial charge in [0.1, 0.15) is 11.6 Å². The van der Waals surface area contributed by atoms with Crippen LogP contribution in [0.4, 0.5) is 15.8 Å². The molecule has 4 rings (SSSR count). The summed E-state index contributed by atoms with van der Waals surface area (Å²) in [4.78, 5) is 25.9. The lowest BCUT2D eigenvalue weighted by Gasteiger charge is -2.28. The predicted molar refractivity (Wildman–Crippen MR) is 143 cm³/mol. The molecule has 0 bridgehead atoms. The van der Waals surface area contributed by atoms with E-state index in [1.54, 1.807) is 43.3 Å². The van der Waals surface area contributed by atoms with Crippen LogP contribution >= 0.6 is 35.0 Å². The molecule has 11 heteroatoms. The number of nitriles is 1. The Hall–Kier alpha value is -3.71. The van der Waals surface area contributed by atoms with Gasteiger partial charge < -0.3 is 20.4 Å². The van der Waals surface area contributed by atoms with E-state index in [1.807, 2.05) is 0 Å². The maximum Gasteiger partial charge on any atom is 0.254 e. The lowest BCUT2D eigenvalue weighted by Crippen LogP contribution is -2.31. The van der Waals surface area contributed by atoms with Crippen molar-refractivity contribution in [1.82, 2.24) is 5.32 Å². The molecule has 0 fully saturated rings. The number of amides is 2. The number of thioether (sulfide) groups is 1. The van der Waals surface area contributed by atoms with E-state index in [4.69, 9.17) is 27.6 Å². The van der Waals surface area contributed by atoms with Crippen LogP contribution in [-0.2, 0) is 9.59 Å². The van der Waals surface area contributed by atoms with Gasteiger partial charge in [0.05, 0.1) is 45.9 Å². The van der Waals surface area contributed by atoms with Crippen molar-refractivity contribution in [3.05, 3.63) is 104 Å². The number of hydrogen-bond acceptors (Lipinski definition) is 6. The van der Waals surface area contributed by atoms with Gasteiger partial charge in [-0.3, -0.25) is 9.59 Å². The first kappa shape index (κ1) is 26.4. The molecule has 2 aromatic carbocycles. The molecular weight excluding hydrogens is 538 g/mol. The van der Waals surface area contributed by atoms with Crippen molar-refractivity contribution in [2.45, 2.75) is 12.8 Å². The van der Waals surface area contributed by atoms with Crippen LogP contribution in [0.3, 0.4) is 0 Å². The Morgan fingerprint density at radius 3 is 2.51 bits per heavy atom. The molecule has 188 valence electrons. The molecular formula is C26H19Cl2FN4O3S. The van der Waals surface area contributed by atoms with Crippen molar-refractivity contribution >= 4 is 58.2 Å². The van der Waals surface area contributed by atoms with Crippen LogP contribution in [0, 0.1) is 17.1 Å². The van der Waals surface area contributed by atoms with Gasteiger partial charge in [0.15, 0.2) is 0 Å². The summed E-state index contributed by atoms with van der Waals surface area (Å²) in [5, 5.41) is 19.6. The van der Waals surface area contributed by atoms with E-state index in [2.05, 4.69) is 22.0 Å². The highest BCUT2D eigenvalue weighted by Gasteiger charge is 2.36. The van der Waals surface area contributed by atoms with Crippen molar-refractivity contribution in [3.8, 4) is 6.07 Å². The van der Waals surface area contributed by atoms with Gasteiger partial charge in [-0.2, -0.15) is 5.26 Å². The first-order chi connectivity index (χ1) is 17.8. The van der Waals surface area contributed by atoms with E-state index in [0.717, 1.165) is 11.8 Å². The third-order valence-electron chi connectivity index (χ3n) is 5.34. The van der Waals surface area contributed by atoms with E-state index in [9.17, 15) is 19.2 Å². The number of para-hydroxylation sites is 1. The van der Waals surface area contributed by atoms with Gasteiger partial charge in [-0.15, -0.1) is 0 Å². The standard InChI is InChI=1S/C26H19Cl2FN4O3S/c1-14-23(25(35)33-20-6-3-2-5-19(20)29)24(21-7-4-8-36-21)18(12-30)26(31-14)37-13-22(34)32-17-10-15(27)9-16(28)11-17/h2-11,24,31H,13H2,1H3,(H,32,34)(H,33,35). The molecule has 3 N–H and O–H groups in total. The van der Waals surface area contributed by atoms with Crippen molar-refractivity contribution in [3.63, 3.8) is 0 Å². The number of nitrogens with one attached hydrogen (secondary N) is 3. The fourth-order valence-electron chi connectivity index (χ4n) is 3.78. The summed E-state index contributed by atoms with van der Waals surface area (Å²) < 4.78 is 19.8. The third kappa shape index (κ3) is 6.17. The van der Waals surface area contributed by atoms with Gasteiger partial charge in [0.2, 0.25) is 5.91 Å². The third-order valence-corrected chi connectivity index (χ3v) is 6.79. The summed E-state index contributed by atoms with van der Waals surface area (Å²) in [5.74, 6) is -2.10. The highest BCUT2D eigenvalue weighted by atomic mass is 35.5. The van der Waals surface area contributed by atoms with Crippen LogP contribution in [0.2, 0.25) is 10.0 Å². The minimum absolute atomic E-state index is 0.00597. The number of carbonyl (C=O) groups excluding carboxylic acids is 2. The topological polar surface area (TPSA) is 107 Å². The lowest BCUT2D eigenvalue weighted by atomic mass is 9.85. The monoisotopic (exact) mass is 556 g/mol. The highest BCUT2D eigenvalue weighted by molar-refractivity contribution is 8.03. The summed E-state index contributed by atoms with van der Waals surface area (Å²) in [6.45, 7) is 1.66. The number of furan rings is 1. The maximum atomic E-state index is 14.2. The zero-order valence-electron chi connectivity index (χ0n) is 19.3. The summed E-state index contributed by atoms with van der Waals surface area (Å²) in [6.07, 6.45) is 1.43. The zero-order chi connectivity index (χ0) is 26.5. The van der Waals surface area contributed by atoms with E-state index >= 15 is 0 Å². The minimum atomic E-state index is -0.870. The average molecular weight is 557 g/mol. The lowest BCUT2D eigenvalue weighted by molar-refractivity contribution is -0.114. The van der Waals surface area contributed by atoms with Gasteiger partial charge >= 0.3 is 0 Å². The first-order valence-corrected chi connectivity index (χ1v) is 12.6. The van der Waals surface area contributed by atoms with Gasteiger partial charge in [0.25, 0.3) is 5.91 Å². The minimum Gasteiger partial charge on any atom is -0.468 e. The van der Waals surface area contributed by atoms with E-state index in [1.165, 1.54) is 24.5 Å². The Labute approximate surface area is 226 Å². The number of hydrogen-bond donors (Lipinski definition) is 3. The number of carbonyl (C=O) groups is 2. The highest BCUT2D eigenvalue weighted by Crippen LogP contribution is 2.41. The second-order valence-electron chi connectivity index (χ2n) is 7.90. The van der Waals surface area contributed by atoms with E-state index < -0.39 is 17.6 Å². The molecule has 0 radical (unpaired) electrons. The van der Waals surface area contributed by atoms with Gasteiger partial charge in [0, 0.05) is 21.4 Å². The molecule has 0 saturated carbocycles. The molecule has 0 saturated heterocycles. The first-order valence-electron chi connectivity index (χ1n) is 10.9. The van der Waals surface area contributed by atoms with Crippen LogP contribution < -0.4 is 16.0 Å². The van der Waals surface area contributed by atoms with Crippen LogP contribution in [0.25, 0.3) is 0 Å². The number of halogens is 3. The Bertz CT molecular complexity index is 1440. The Morgan fingerprint density at radius 2 is 1.86 bits per heavy atom. The second kappa shape index (κ2) is 11.6. The van der Waals surface area contributed by atoms with Crippen LogP contribution in [0.5, 0.6) is 0 Å². The van der Waals surface area contributed by atoms with Crippen molar-refractivity contribution in [2.24, 2.45) is 0 Å². The van der Waals surface area contributed by atoms with E-state index in [-0.39, 0.29) is 28.5 Å². The molecule has 1 atom stereocenters. The van der Waals surface area contributed by atoms with Crippen LogP contribution in [-0.4, -0.2) is 17.6 Å². The quantitative estimate of drug-likeness (QED) is 0.309. The Kier molecular flexibility index (Phi) is 8.24. The molecule has 1 unspecified atom stereocenters. The largest absolute Gasteiger partial charge is 0.468 e. The van der Waals surface area contributed by atoms with Crippen molar-refractivity contribution in [2.75, 3.05) is 16.4 Å². The number of anilines is 2. The fourth-order valence-corrected chi connectivity index (χ4v) is 5.20. The molecule has 2 amide bonds. The van der Waals surface area contributed by atoms with Crippen LogP contribution in [0.15, 0.2) is 87.1 Å². The molecule has 1 aromatic heterocycles. The van der Waals surface area contributed by atoms with Gasteiger partial charge in [-0.25, -0.2) is 4.39 Å². The normalized spacial score (nSPS) is 15.2. The zero-order valence-corrected chi connectivity index (χ0v) is 21.6. The number of dihydropyridines is 1. The number of benzene rings is 2. The smallest absolute Gasteiger partial charge is 0.254 e. The second-order valence-corrected chi connectivity index (χ2v) is 9.75. The number of nitrogens with zero attached hydrogens (tertiary/aromatic N) is 1. The number of allylic oxidation sites excluding steroid dienone is 2. The van der Waals surface area contributed by atoms with Gasteiger partial charge in [-0.1, -0.05) is 47.1 Å². The van der Waals surface area contributed by atoms with E-state index in [0.29, 0.717) is 32.2 Å². The molecule has 7 nitrogen and oxygen atoms in total. The molecule has 2 heterocycles. The van der Waals surface area contributed by atoms with Crippen LogP contribution in [0.1, 0.15) is 18.6 Å². The van der Waals surface area contributed by atoms with Gasteiger partial charge in [-0.05, 0) is 49.4 Å². The summed E-state index contributed by atoms with van der Waals surface area (Å²) >= 11 is 13.1. The Morgan fingerprint density at radius 1 is 1.14 bits per heavy atom. The molecule has 37 heavy (non-hydrogen) atoms. The molecule has 1 aliphatic heterocycles. The number of rotatable bonds is 7. The summed E-state index contributed by atoms with van der Waals surface area (Å²) in [7, 11) is 0. The fraction of sp³-hybridized carbons (Fsp3) is 0.115. The summed E-state index contributed by atoms with van der Waals surface area (Å²) in [5.41, 5.74) is 1.25. The molecule has 0 aliphatic carbocycles. The maximum absolute atomic E-state index is 14.2. The molecule has 3 aromatic rings.